The molecular formula is C40H37IrN3-2. The van der Waals surface area contributed by atoms with E-state index in [1.165, 1.54) is 33.5 Å². The van der Waals surface area contributed by atoms with Gasteiger partial charge < -0.3 is 4.98 Å². The van der Waals surface area contributed by atoms with Crippen molar-refractivity contribution in [1.29, 1.82) is 0 Å². The molecule has 0 aliphatic carbocycles. The summed E-state index contributed by atoms with van der Waals surface area (Å²) in [7, 11) is 0. The van der Waals surface area contributed by atoms with Crippen LogP contribution in [0.3, 0.4) is 0 Å². The summed E-state index contributed by atoms with van der Waals surface area (Å²) in [5.74, 6) is 0. The molecule has 223 valence electrons. The van der Waals surface area contributed by atoms with Gasteiger partial charge in [0.15, 0.2) is 0 Å². The summed E-state index contributed by atoms with van der Waals surface area (Å²) in [6.45, 7) is 13.6. The smallest absolute Gasteiger partial charge is 0.0929 e. The molecule has 0 bridgehead atoms. The minimum Gasteiger partial charge on any atom is -0.305 e. The molecule has 0 fully saturated rings. The molecule has 0 amide bonds. The zero-order valence-corrected chi connectivity index (χ0v) is 28.5. The molecule has 7 rings (SSSR count). The average molecular weight is 752 g/mol. The van der Waals surface area contributed by atoms with Gasteiger partial charge in [0.25, 0.3) is 0 Å². The van der Waals surface area contributed by atoms with Gasteiger partial charge in [-0.2, -0.15) is 29.4 Å². The molecule has 1 aliphatic heterocycles. The van der Waals surface area contributed by atoms with Crippen molar-refractivity contribution in [3.63, 3.8) is 0 Å². The molecule has 44 heavy (non-hydrogen) atoms. The average Bonchev–Trinajstić information content (AvgIpc) is 3.48. The molecule has 0 saturated carbocycles. The van der Waals surface area contributed by atoms with Gasteiger partial charge in [-0.1, -0.05) is 93.4 Å². The molecule has 4 heteroatoms. The second-order valence-electron chi connectivity index (χ2n) is 12.5. The summed E-state index contributed by atoms with van der Waals surface area (Å²) in [4.78, 5) is 4.22. The fourth-order valence-corrected chi connectivity index (χ4v) is 5.95. The van der Waals surface area contributed by atoms with Crippen molar-refractivity contribution in [1.82, 2.24) is 14.8 Å². The van der Waals surface area contributed by atoms with Crippen LogP contribution in [0.4, 0.5) is 0 Å². The van der Waals surface area contributed by atoms with Gasteiger partial charge in [-0.05, 0) is 53.9 Å². The Hall–Kier alpha value is -4.11. The minimum absolute atomic E-state index is 0. The zero-order valence-electron chi connectivity index (χ0n) is 26.1. The maximum Gasteiger partial charge on any atom is 0.0929 e. The molecule has 0 unspecified atom stereocenters. The van der Waals surface area contributed by atoms with Crippen LogP contribution in [-0.2, 0) is 30.9 Å². The van der Waals surface area contributed by atoms with Crippen LogP contribution in [0.2, 0.25) is 0 Å². The second kappa shape index (κ2) is 12.5. The molecule has 0 N–H and O–H groups in total. The van der Waals surface area contributed by atoms with Gasteiger partial charge >= 0.3 is 0 Å². The summed E-state index contributed by atoms with van der Waals surface area (Å²) in [6.07, 6.45) is 1.79. The number of fused-ring (bicyclic) bond motifs is 3. The standard InChI is InChI=1S/C29H29N2.C11H8N.Ir/c1-19-15-20(2)17-23(16-19)21-11-13-22(14-12-21)25-18-27-29(5,6)28(3,4)24-9-7-8-10-26(24)31(27)30-25;1-2-6-10(7-3-1)11-8-4-5-9-12-11;/h7-9,11-18H,1-6H3;1-6,8-9H;/q2*-1;. The van der Waals surface area contributed by atoms with Crippen LogP contribution in [0.1, 0.15) is 50.1 Å². The molecule has 1 radical (unpaired) electrons. The number of hydrogen-bond acceptors (Lipinski definition) is 2. The Morgan fingerprint density at radius 3 is 1.95 bits per heavy atom. The third-order valence-electron chi connectivity index (χ3n) is 9.02. The van der Waals surface area contributed by atoms with E-state index >= 15 is 0 Å². The largest absolute Gasteiger partial charge is 0.305 e. The number of rotatable bonds is 3. The Bertz CT molecular complexity index is 1810. The van der Waals surface area contributed by atoms with Crippen molar-refractivity contribution in [2.75, 3.05) is 0 Å². The predicted molar refractivity (Wildman–Crippen MR) is 177 cm³/mol. The molecule has 4 aromatic carbocycles. The quantitative estimate of drug-likeness (QED) is 0.169. The van der Waals surface area contributed by atoms with E-state index in [0.717, 1.165) is 28.2 Å². The molecular weight excluding hydrogens is 715 g/mol. The van der Waals surface area contributed by atoms with Gasteiger partial charge in [-0.3, -0.25) is 4.68 Å². The monoisotopic (exact) mass is 752 g/mol. The van der Waals surface area contributed by atoms with Crippen LogP contribution in [0.15, 0.2) is 115 Å². The third-order valence-corrected chi connectivity index (χ3v) is 9.02. The summed E-state index contributed by atoms with van der Waals surface area (Å²) in [5, 5.41) is 5.04. The fourth-order valence-electron chi connectivity index (χ4n) is 5.95. The second-order valence-corrected chi connectivity index (χ2v) is 12.5. The van der Waals surface area contributed by atoms with Gasteiger partial charge in [0.2, 0.25) is 0 Å². The Morgan fingerprint density at radius 2 is 1.30 bits per heavy atom. The Balaban J connectivity index is 0.000000248. The Kier molecular flexibility index (Phi) is 8.88. The molecule has 0 atom stereocenters. The van der Waals surface area contributed by atoms with Crippen molar-refractivity contribution < 1.29 is 20.1 Å². The maximum absolute atomic E-state index is 5.04. The van der Waals surface area contributed by atoms with E-state index < -0.39 is 0 Å². The van der Waals surface area contributed by atoms with Gasteiger partial charge in [0.1, 0.15) is 0 Å². The zero-order chi connectivity index (χ0) is 30.2. The number of hydrogen-bond donors (Lipinski definition) is 0. The van der Waals surface area contributed by atoms with E-state index in [4.69, 9.17) is 5.10 Å². The van der Waals surface area contributed by atoms with E-state index in [1.807, 2.05) is 48.5 Å². The van der Waals surface area contributed by atoms with Crippen LogP contribution >= 0.6 is 0 Å². The number of benzene rings is 4. The van der Waals surface area contributed by atoms with Gasteiger partial charge in [0, 0.05) is 43.0 Å². The van der Waals surface area contributed by atoms with Crippen molar-refractivity contribution >= 4 is 0 Å². The first-order valence-corrected chi connectivity index (χ1v) is 14.8. The van der Waals surface area contributed by atoms with E-state index in [1.54, 1.807) is 6.20 Å². The summed E-state index contributed by atoms with van der Waals surface area (Å²) in [5.41, 5.74) is 12.8. The predicted octanol–water partition coefficient (Wildman–Crippen LogP) is 9.74. The van der Waals surface area contributed by atoms with E-state index in [-0.39, 0.29) is 30.9 Å². The number of aryl methyl sites for hydroxylation is 2. The third kappa shape index (κ3) is 5.85. The molecule has 1 aliphatic rings. The number of para-hydroxylation sites is 1. The van der Waals surface area contributed by atoms with E-state index in [0.29, 0.717) is 0 Å². The Morgan fingerprint density at radius 1 is 0.614 bits per heavy atom. The normalized spacial score (nSPS) is 13.9. The first-order valence-electron chi connectivity index (χ1n) is 14.8. The number of pyridine rings is 1. The van der Waals surface area contributed by atoms with E-state index in [9.17, 15) is 0 Å². The van der Waals surface area contributed by atoms with Crippen LogP contribution in [0.5, 0.6) is 0 Å². The van der Waals surface area contributed by atoms with Crippen molar-refractivity contribution in [2.45, 2.75) is 52.4 Å². The van der Waals surface area contributed by atoms with Crippen LogP contribution in [0, 0.1) is 26.0 Å². The molecule has 0 saturated heterocycles. The van der Waals surface area contributed by atoms with Crippen molar-refractivity contribution in [3.8, 4) is 39.3 Å². The number of aromatic nitrogens is 3. The van der Waals surface area contributed by atoms with Gasteiger partial charge in [-0.25, -0.2) is 0 Å². The van der Waals surface area contributed by atoms with Crippen molar-refractivity contribution in [3.05, 3.63) is 150 Å². The first kappa shape index (κ1) is 31.3. The van der Waals surface area contributed by atoms with Gasteiger partial charge in [-0.15, -0.1) is 41.5 Å². The summed E-state index contributed by atoms with van der Waals surface area (Å²) in [6, 6.07) is 44.3. The van der Waals surface area contributed by atoms with Crippen molar-refractivity contribution in [2.24, 2.45) is 0 Å². The fraction of sp³-hybridized carbons (Fsp3) is 0.200. The number of nitrogens with zero attached hydrogens (tertiary/aromatic N) is 3. The molecule has 3 heterocycles. The molecule has 2 aromatic heterocycles. The molecule has 6 aromatic rings. The molecule has 3 nitrogen and oxygen atoms in total. The van der Waals surface area contributed by atoms with Crippen LogP contribution in [0.25, 0.3) is 39.3 Å². The van der Waals surface area contributed by atoms with Crippen LogP contribution < -0.4 is 0 Å². The van der Waals surface area contributed by atoms with Gasteiger partial charge in [0.05, 0.1) is 5.69 Å². The Labute approximate surface area is 275 Å². The molecule has 0 spiro atoms. The first-order chi connectivity index (χ1) is 20.6. The van der Waals surface area contributed by atoms with Crippen LogP contribution in [-0.4, -0.2) is 14.8 Å². The maximum atomic E-state index is 5.04. The topological polar surface area (TPSA) is 30.7 Å². The summed E-state index contributed by atoms with van der Waals surface area (Å²) >= 11 is 0. The minimum atomic E-state index is -0.0561. The van der Waals surface area contributed by atoms with E-state index in [2.05, 4.69) is 124 Å². The SMILES string of the molecule is Cc1cc(C)cc(-c2ccc(-c3cc4n(n3)-c3[c-]cccc3C(C)(C)C4(C)C)cc2)c1.[Ir].[c-]1ccccc1-c1ccccn1. The summed E-state index contributed by atoms with van der Waals surface area (Å²) < 4.78 is 2.10.